The third kappa shape index (κ3) is 3.99. The summed E-state index contributed by atoms with van der Waals surface area (Å²) >= 11 is 0. The molecule has 0 bridgehead atoms. The molecule has 0 saturated heterocycles. The summed E-state index contributed by atoms with van der Waals surface area (Å²) in [5.41, 5.74) is 2.06. The molecule has 1 fully saturated rings. The topological polar surface area (TPSA) is 75.4 Å². The molecule has 0 spiro atoms. The lowest BCUT2D eigenvalue weighted by Crippen LogP contribution is -2.33. The van der Waals surface area contributed by atoms with Crippen molar-refractivity contribution in [2.24, 2.45) is 0 Å². The van der Waals surface area contributed by atoms with Crippen LogP contribution < -0.4 is 10.2 Å². The SMILES string of the molecule is CCN(C(=O)c1ccccc1-c1ocnc1C(=O)NC1CCCC1)c1ccccc1. The average molecular weight is 403 g/mol. The minimum Gasteiger partial charge on any atom is -0.443 e. The van der Waals surface area contributed by atoms with E-state index in [1.165, 1.54) is 6.39 Å². The van der Waals surface area contributed by atoms with Crippen LogP contribution in [0.25, 0.3) is 11.3 Å². The van der Waals surface area contributed by atoms with E-state index in [1.807, 2.05) is 49.4 Å². The molecule has 2 amide bonds. The van der Waals surface area contributed by atoms with Gasteiger partial charge < -0.3 is 14.6 Å². The summed E-state index contributed by atoms with van der Waals surface area (Å²) in [6.07, 6.45) is 5.47. The molecule has 1 saturated carbocycles. The van der Waals surface area contributed by atoms with Crippen LogP contribution in [0.5, 0.6) is 0 Å². The van der Waals surface area contributed by atoms with Crippen LogP contribution >= 0.6 is 0 Å². The number of nitrogens with one attached hydrogen (secondary N) is 1. The van der Waals surface area contributed by atoms with E-state index >= 15 is 0 Å². The molecule has 1 heterocycles. The normalized spacial score (nSPS) is 13.9. The third-order valence-electron chi connectivity index (χ3n) is 5.50. The molecule has 4 rings (SSSR count). The first-order valence-electron chi connectivity index (χ1n) is 10.4. The van der Waals surface area contributed by atoms with E-state index in [4.69, 9.17) is 4.42 Å². The van der Waals surface area contributed by atoms with E-state index in [0.717, 1.165) is 31.4 Å². The van der Waals surface area contributed by atoms with Crippen LogP contribution in [0.15, 0.2) is 65.4 Å². The molecule has 2 aromatic carbocycles. The molecule has 1 N–H and O–H groups in total. The van der Waals surface area contributed by atoms with Gasteiger partial charge in [-0.1, -0.05) is 49.2 Å². The molecule has 3 aromatic rings. The second-order valence-corrected chi connectivity index (χ2v) is 7.42. The number of rotatable bonds is 6. The van der Waals surface area contributed by atoms with Crippen LogP contribution in [0.2, 0.25) is 0 Å². The number of benzene rings is 2. The zero-order chi connectivity index (χ0) is 20.9. The highest BCUT2D eigenvalue weighted by atomic mass is 16.3. The fourth-order valence-electron chi connectivity index (χ4n) is 3.99. The fourth-order valence-corrected chi connectivity index (χ4v) is 3.99. The van der Waals surface area contributed by atoms with Gasteiger partial charge in [0.15, 0.2) is 17.8 Å². The Balaban J connectivity index is 1.67. The molecule has 6 heteroatoms. The highest BCUT2D eigenvalue weighted by Gasteiger charge is 2.27. The zero-order valence-electron chi connectivity index (χ0n) is 17.0. The molecule has 0 aliphatic heterocycles. The predicted molar refractivity (Wildman–Crippen MR) is 115 cm³/mol. The van der Waals surface area contributed by atoms with Crippen LogP contribution in [0.3, 0.4) is 0 Å². The fraction of sp³-hybridized carbons (Fsp3) is 0.292. The lowest BCUT2D eigenvalue weighted by molar-refractivity contribution is 0.0932. The Morgan fingerprint density at radius 3 is 2.50 bits per heavy atom. The maximum Gasteiger partial charge on any atom is 0.274 e. The van der Waals surface area contributed by atoms with Gasteiger partial charge in [0.25, 0.3) is 11.8 Å². The molecule has 0 radical (unpaired) electrons. The van der Waals surface area contributed by atoms with Crippen molar-refractivity contribution in [2.45, 2.75) is 38.6 Å². The van der Waals surface area contributed by atoms with Crippen molar-refractivity contribution in [3.8, 4) is 11.3 Å². The zero-order valence-corrected chi connectivity index (χ0v) is 17.0. The summed E-state index contributed by atoms with van der Waals surface area (Å²) in [6.45, 7) is 2.45. The molecule has 1 aromatic heterocycles. The van der Waals surface area contributed by atoms with Gasteiger partial charge in [0.05, 0.1) is 5.56 Å². The van der Waals surface area contributed by atoms with Gasteiger partial charge in [-0.15, -0.1) is 0 Å². The Kier molecular flexibility index (Phi) is 5.93. The number of oxazole rings is 1. The number of nitrogens with zero attached hydrogens (tertiary/aromatic N) is 2. The number of anilines is 1. The Hall–Kier alpha value is -3.41. The Morgan fingerprint density at radius 1 is 1.07 bits per heavy atom. The van der Waals surface area contributed by atoms with Crippen molar-refractivity contribution in [1.82, 2.24) is 10.3 Å². The van der Waals surface area contributed by atoms with Crippen molar-refractivity contribution in [1.29, 1.82) is 0 Å². The van der Waals surface area contributed by atoms with Gasteiger partial charge in [0.1, 0.15) is 0 Å². The summed E-state index contributed by atoms with van der Waals surface area (Å²) in [7, 11) is 0. The van der Waals surface area contributed by atoms with Crippen LogP contribution in [0.1, 0.15) is 53.5 Å². The first kappa shape index (κ1) is 19.9. The average Bonchev–Trinajstić information content (AvgIpc) is 3.47. The Bertz CT molecular complexity index is 1020. The van der Waals surface area contributed by atoms with E-state index in [0.29, 0.717) is 23.4 Å². The number of carbonyl (C=O) groups is 2. The lowest BCUT2D eigenvalue weighted by atomic mass is 10.0. The summed E-state index contributed by atoms with van der Waals surface area (Å²) in [4.78, 5) is 32.1. The Morgan fingerprint density at radius 2 is 1.77 bits per heavy atom. The first-order chi connectivity index (χ1) is 14.7. The summed E-state index contributed by atoms with van der Waals surface area (Å²) in [5.74, 6) is -0.0975. The number of carbonyl (C=O) groups excluding carboxylic acids is 2. The highest BCUT2D eigenvalue weighted by molar-refractivity contribution is 6.11. The maximum absolute atomic E-state index is 13.4. The van der Waals surface area contributed by atoms with Crippen molar-refractivity contribution < 1.29 is 14.0 Å². The molecular formula is C24H25N3O3. The van der Waals surface area contributed by atoms with Gasteiger partial charge in [-0.2, -0.15) is 0 Å². The van der Waals surface area contributed by atoms with Gasteiger partial charge in [-0.05, 0) is 38.0 Å². The van der Waals surface area contributed by atoms with Crippen LogP contribution in [0, 0.1) is 0 Å². The van der Waals surface area contributed by atoms with Gasteiger partial charge in [0.2, 0.25) is 0 Å². The van der Waals surface area contributed by atoms with Crippen molar-refractivity contribution in [3.63, 3.8) is 0 Å². The van der Waals surface area contributed by atoms with Crippen LogP contribution in [-0.4, -0.2) is 29.4 Å². The molecular weight excluding hydrogens is 378 g/mol. The third-order valence-corrected chi connectivity index (χ3v) is 5.50. The van der Waals surface area contributed by atoms with Crippen molar-refractivity contribution in [3.05, 3.63) is 72.2 Å². The first-order valence-corrected chi connectivity index (χ1v) is 10.4. The second kappa shape index (κ2) is 8.95. The van der Waals surface area contributed by atoms with Gasteiger partial charge in [-0.25, -0.2) is 4.98 Å². The molecule has 30 heavy (non-hydrogen) atoms. The van der Waals surface area contributed by atoms with Gasteiger partial charge in [-0.3, -0.25) is 9.59 Å². The van der Waals surface area contributed by atoms with Gasteiger partial charge in [0, 0.05) is 23.8 Å². The van der Waals surface area contributed by atoms with E-state index in [9.17, 15) is 9.59 Å². The van der Waals surface area contributed by atoms with E-state index in [-0.39, 0.29) is 23.6 Å². The quantitative estimate of drug-likeness (QED) is 0.648. The number of para-hydroxylation sites is 1. The minimum atomic E-state index is -0.261. The predicted octanol–water partition coefficient (Wildman–Crippen LogP) is 4.68. The smallest absolute Gasteiger partial charge is 0.274 e. The summed E-state index contributed by atoms with van der Waals surface area (Å²) in [5, 5.41) is 3.04. The maximum atomic E-state index is 13.4. The van der Waals surface area contributed by atoms with E-state index in [2.05, 4.69) is 10.3 Å². The molecule has 1 aliphatic rings. The number of hydrogen-bond acceptors (Lipinski definition) is 4. The second-order valence-electron chi connectivity index (χ2n) is 7.42. The van der Waals surface area contributed by atoms with E-state index in [1.54, 1.807) is 17.0 Å². The largest absolute Gasteiger partial charge is 0.443 e. The minimum absolute atomic E-state index is 0.155. The van der Waals surface area contributed by atoms with Crippen molar-refractivity contribution in [2.75, 3.05) is 11.4 Å². The summed E-state index contributed by atoms with van der Waals surface area (Å²) < 4.78 is 5.60. The summed E-state index contributed by atoms with van der Waals surface area (Å²) in [6, 6.07) is 16.9. The van der Waals surface area contributed by atoms with Crippen LogP contribution in [-0.2, 0) is 0 Å². The molecule has 6 nitrogen and oxygen atoms in total. The number of aromatic nitrogens is 1. The molecule has 0 atom stereocenters. The van der Waals surface area contributed by atoms with Gasteiger partial charge >= 0.3 is 0 Å². The monoisotopic (exact) mass is 403 g/mol. The van der Waals surface area contributed by atoms with Crippen LogP contribution in [0.4, 0.5) is 5.69 Å². The van der Waals surface area contributed by atoms with Crippen molar-refractivity contribution >= 4 is 17.5 Å². The Labute approximate surface area is 175 Å². The van der Waals surface area contributed by atoms with E-state index < -0.39 is 0 Å². The number of amides is 2. The molecule has 154 valence electrons. The standard InChI is InChI=1S/C24H25N3O3/c1-2-27(18-12-4-3-5-13-18)24(29)20-15-9-8-14-19(20)22-21(25-16-30-22)23(28)26-17-10-6-7-11-17/h3-5,8-9,12-17H,2,6-7,10-11H2,1H3,(H,26,28). The number of hydrogen-bond donors (Lipinski definition) is 1. The highest BCUT2D eigenvalue weighted by Crippen LogP contribution is 2.29. The molecule has 0 unspecified atom stereocenters. The molecule has 1 aliphatic carbocycles. The lowest BCUT2D eigenvalue weighted by Gasteiger charge is -2.22.